The summed E-state index contributed by atoms with van der Waals surface area (Å²) in [6.07, 6.45) is 4.76. The van der Waals surface area contributed by atoms with E-state index >= 15 is 0 Å². The molecule has 1 heterocycles. The van der Waals surface area contributed by atoms with E-state index in [1.807, 2.05) is 41.3 Å². The van der Waals surface area contributed by atoms with Gasteiger partial charge in [-0.05, 0) is 65.6 Å². The van der Waals surface area contributed by atoms with Crippen molar-refractivity contribution in [1.29, 1.82) is 0 Å². The van der Waals surface area contributed by atoms with Gasteiger partial charge in [0.25, 0.3) is 5.91 Å². The third-order valence-electron chi connectivity index (χ3n) is 7.59. The van der Waals surface area contributed by atoms with Crippen LogP contribution in [-0.2, 0) is 46.3 Å². The lowest BCUT2D eigenvalue weighted by atomic mass is 9.93. The highest BCUT2D eigenvalue weighted by atomic mass is 32.2. The molecule has 1 saturated heterocycles. The first-order valence-electron chi connectivity index (χ1n) is 14.4. The first-order valence-corrected chi connectivity index (χ1v) is 16.0. The quantitative estimate of drug-likeness (QED) is 0.302. The van der Waals surface area contributed by atoms with Crippen LogP contribution in [0, 0.1) is 0 Å². The molecule has 8 nitrogen and oxygen atoms in total. The van der Waals surface area contributed by atoms with Gasteiger partial charge in [-0.25, -0.2) is 4.21 Å². The van der Waals surface area contributed by atoms with Crippen molar-refractivity contribution in [2.45, 2.75) is 45.1 Å². The molecule has 0 aliphatic carbocycles. The third kappa shape index (κ3) is 9.09. The maximum absolute atomic E-state index is 13.5. The van der Waals surface area contributed by atoms with E-state index in [0.29, 0.717) is 44.5 Å². The van der Waals surface area contributed by atoms with Crippen LogP contribution in [0.15, 0.2) is 72.8 Å². The summed E-state index contributed by atoms with van der Waals surface area (Å²) in [6.45, 7) is 4.28. The van der Waals surface area contributed by atoms with Crippen molar-refractivity contribution < 1.29 is 18.6 Å². The number of rotatable bonds is 12. The number of piperazine rings is 1. The number of aryl methyl sites for hydroxylation is 1. The molecule has 2 atom stereocenters. The van der Waals surface area contributed by atoms with Crippen molar-refractivity contribution in [3.8, 4) is 0 Å². The Hall–Kier alpha value is -3.82. The second kappa shape index (κ2) is 15.4. The second-order valence-corrected chi connectivity index (χ2v) is 11.8. The van der Waals surface area contributed by atoms with Gasteiger partial charge in [-0.1, -0.05) is 60.7 Å². The fourth-order valence-electron chi connectivity index (χ4n) is 5.44. The molecule has 0 radical (unpaired) electrons. The van der Waals surface area contributed by atoms with Gasteiger partial charge in [0.05, 0.1) is 0 Å². The molecule has 3 aromatic rings. The molecule has 0 bridgehead atoms. The lowest BCUT2D eigenvalue weighted by molar-refractivity contribution is -0.134. The highest BCUT2D eigenvalue weighted by molar-refractivity contribution is 7.82. The molecule has 42 heavy (non-hydrogen) atoms. The van der Waals surface area contributed by atoms with Crippen LogP contribution in [0.4, 0.5) is 0 Å². The van der Waals surface area contributed by atoms with Crippen molar-refractivity contribution in [2.24, 2.45) is 0 Å². The average Bonchev–Trinajstić information content (AvgIpc) is 2.97. The minimum absolute atomic E-state index is 0.0247. The summed E-state index contributed by atoms with van der Waals surface area (Å²) in [7, 11) is -1.41. The number of amides is 3. The third-order valence-corrected chi connectivity index (χ3v) is 8.06. The van der Waals surface area contributed by atoms with E-state index in [4.69, 9.17) is 0 Å². The van der Waals surface area contributed by atoms with Crippen LogP contribution >= 0.6 is 0 Å². The molecule has 3 aromatic carbocycles. The fourth-order valence-corrected chi connectivity index (χ4v) is 5.82. The van der Waals surface area contributed by atoms with Crippen LogP contribution in [0.3, 0.4) is 0 Å². The number of nitrogens with zero attached hydrogens (tertiary/aromatic N) is 1. The Morgan fingerprint density at radius 2 is 1.52 bits per heavy atom. The monoisotopic (exact) mass is 588 g/mol. The normalized spacial score (nSPS) is 15.6. The SMILES string of the molecule is CC(=O)NCCc1ccccc1Cc1ccccc1CCC(=O)N1CCNCC1Cc1ccc(C(=O)NS(C)=O)cc1. The number of nitrogens with one attached hydrogen (secondary N) is 3. The Morgan fingerprint density at radius 3 is 2.14 bits per heavy atom. The summed E-state index contributed by atoms with van der Waals surface area (Å²) in [5, 5.41) is 6.29. The molecule has 3 N–H and O–H groups in total. The van der Waals surface area contributed by atoms with Gasteiger partial charge < -0.3 is 15.5 Å². The lowest BCUT2D eigenvalue weighted by Gasteiger charge is -2.36. The van der Waals surface area contributed by atoms with Gasteiger partial charge in [-0.3, -0.25) is 19.1 Å². The zero-order valence-electron chi connectivity index (χ0n) is 24.4. The Bertz CT molecular complexity index is 1410. The highest BCUT2D eigenvalue weighted by Gasteiger charge is 2.26. The molecule has 2 unspecified atom stereocenters. The smallest absolute Gasteiger partial charge is 0.262 e. The molecule has 222 valence electrons. The van der Waals surface area contributed by atoms with Crippen LogP contribution in [0.25, 0.3) is 0 Å². The summed E-state index contributed by atoms with van der Waals surface area (Å²) < 4.78 is 13.7. The summed E-state index contributed by atoms with van der Waals surface area (Å²) >= 11 is 0. The molecule has 4 rings (SSSR count). The molecule has 0 spiro atoms. The average molecular weight is 589 g/mol. The molecule has 3 amide bonds. The van der Waals surface area contributed by atoms with Gasteiger partial charge in [-0.2, -0.15) is 0 Å². The first kappa shape index (κ1) is 31.1. The zero-order chi connectivity index (χ0) is 29.9. The van der Waals surface area contributed by atoms with Crippen LogP contribution < -0.4 is 15.4 Å². The van der Waals surface area contributed by atoms with Crippen LogP contribution in [0.5, 0.6) is 0 Å². The van der Waals surface area contributed by atoms with Gasteiger partial charge >= 0.3 is 0 Å². The van der Waals surface area contributed by atoms with E-state index in [-0.39, 0.29) is 23.8 Å². The largest absolute Gasteiger partial charge is 0.356 e. The van der Waals surface area contributed by atoms with E-state index in [2.05, 4.69) is 39.6 Å². The number of carbonyl (C=O) groups is 3. The Kier molecular flexibility index (Phi) is 11.4. The van der Waals surface area contributed by atoms with Crippen molar-refractivity contribution in [3.05, 3.63) is 106 Å². The van der Waals surface area contributed by atoms with E-state index in [1.165, 1.54) is 35.4 Å². The summed E-state index contributed by atoms with van der Waals surface area (Å²) in [6, 6.07) is 23.9. The van der Waals surface area contributed by atoms with Crippen molar-refractivity contribution in [1.82, 2.24) is 20.3 Å². The maximum atomic E-state index is 13.5. The van der Waals surface area contributed by atoms with Gasteiger partial charge in [-0.15, -0.1) is 0 Å². The number of carbonyl (C=O) groups excluding carboxylic acids is 3. The Balaban J connectivity index is 1.38. The molecular weight excluding hydrogens is 548 g/mol. The molecule has 1 aliphatic rings. The lowest BCUT2D eigenvalue weighted by Crippen LogP contribution is -2.54. The van der Waals surface area contributed by atoms with E-state index in [0.717, 1.165) is 24.9 Å². The molecule has 1 aliphatic heterocycles. The standard InChI is InChI=1S/C33H40N4O4S/c1-24(38)35-18-17-27-8-4-6-10-30(27)22-29-9-5-3-7-26(29)15-16-32(39)37-20-19-34-23-31(37)21-25-11-13-28(14-12-25)33(40)36-42(2)41/h3-14,31,34H,15-23H2,1-2H3,(H,35,38)(H,36,40). The Morgan fingerprint density at radius 1 is 0.905 bits per heavy atom. The van der Waals surface area contributed by atoms with Crippen LogP contribution in [0.2, 0.25) is 0 Å². The van der Waals surface area contributed by atoms with E-state index in [9.17, 15) is 18.6 Å². The first-order chi connectivity index (χ1) is 20.3. The molecule has 1 fully saturated rings. The molecule has 0 aromatic heterocycles. The van der Waals surface area contributed by atoms with Crippen LogP contribution in [0.1, 0.15) is 51.5 Å². The predicted molar refractivity (Wildman–Crippen MR) is 166 cm³/mol. The molecule has 0 saturated carbocycles. The molecule has 9 heteroatoms. The van der Waals surface area contributed by atoms with Gasteiger partial charge in [0.2, 0.25) is 11.8 Å². The minimum atomic E-state index is -1.41. The van der Waals surface area contributed by atoms with Crippen molar-refractivity contribution in [2.75, 3.05) is 32.4 Å². The highest BCUT2D eigenvalue weighted by Crippen LogP contribution is 2.21. The molecular formula is C33H40N4O4S. The fraction of sp³-hybridized carbons (Fsp3) is 0.364. The topological polar surface area (TPSA) is 108 Å². The maximum Gasteiger partial charge on any atom is 0.262 e. The van der Waals surface area contributed by atoms with Gasteiger partial charge in [0, 0.05) is 57.4 Å². The predicted octanol–water partition coefficient (Wildman–Crippen LogP) is 2.96. The van der Waals surface area contributed by atoms with Crippen molar-refractivity contribution >= 4 is 28.7 Å². The number of hydrogen-bond acceptors (Lipinski definition) is 5. The number of benzene rings is 3. The summed E-state index contributed by atoms with van der Waals surface area (Å²) in [5.41, 5.74) is 6.34. The van der Waals surface area contributed by atoms with Crippen LogP contribution in [-0.4, -0.2) is 65.3 Å². The van der Waals surface area contributed by atoms with Gasteiger partial charge in [0.15, 0.2) is 0 Å². The van der Waals surface area contributed by atoms with E-state index in [1.54, 1.807) is 12.1 Å². The minimum Gasteiger partial charge on any atom is -0.356 e. The summed E-state index contributed by atoms with van der Waals surface area (Å²) in [5.74, 6) is -0.246. The summed E-state index contributed by atoms with van der Waals surface area (Å²) in [4.78, 5) is 38.9. The van der Waals surface area contributed by atoms with E-state index < -0.39 is 11.0 Å². The zero-order valence-corrected chi connectivity index (χ0v) is 25.2. The number of hydrogen-bond donors (Lipinski definition) is 3. The Labute approximate surface area is 250 Å². The van der Waals surface area contributed by atoms with Gasteiger partial charge in [0.1, 0.15) is 11.0 Å². The second-order valence-electron chi connectivity index (χ2n) is 10.7. The van der Waals surface area contributed by atoms with Crippen molar-refractivity contribution in [3.63, 3.8) is 0 Å².